The Morgan fingerprint density at radius 3 is 2.11 bits per heavy atom. The molecule has 0 radical (unpaired) electrons. The first-order valence-electron chi connectivity index (χ1n) is 20.8. The van der Waals surface area contributed by atoms with Crippen molar-refractivity contribution in [3.8, 4) is 5.75 Å². The molecule has 0 bridgehead atoms. The third-order valence-electron chi connectivity index (χ3n) is 13.0. The summed E-state index contributed by atoms with van der Waals surface area (Å²) in [6.07, 6.45) is 8.81. The van der Waals surface area contributed by atoms with E-state index in [1.165, 1.54) is 10.4 Å². The van der Waals surface area contributed by atoms with Crippen LogP contribution in [0.5, 0.6) is 5.75 Å². The van der Waals surface area contributed by atoms with Crippen LogP contribution in [-0.2, 0) is 18.8 Å². The number of ether oxygens (including phenoxy) is 1. The topological polar surface area (TPSA) is 76.1 Å². The molecule has 2 aliphatic heterocycles. The summed E-state index contributed by atoms with van der Waals surface area (Å²) < 4.78 is 14.4. The van der Waals surface area contributed by atoms with E-state index >= 15 is 0 Å². The van der Waals surface area contributed by atoms with Crippen LogP contribution in [0.2, 0.25) is 10.1 Å². The molecule has 2 aliphatic carbocycles. The van der Waals surface area contributed by atoms with Crippen LogP contribution in [0.1, 0.15) is 83.3 Å². The van der Waals surface area contributed by atoms with Crippen LogP contribution in [-0.4, -0.2) is 55.5 Å². The van der Waals surface area contributed by atoms with E-state index in [1.807, 2.05) is 24.3 Å². The lowest BCUT2D eigenvalue weighted by Gasteiger charge is -2.44. The van der Waals surface area contributed by atoms with Crippen LogP contribution in [0.25, 0.3) is 11.6 Å². The third-order valence-corrected chi connectivity index (χ3v) is 18.3. The van der Waals surface area contributed by atoms with Crippen molar-refractivity contribution in [2.24, 2.45) is 17.8 Å². The molecule has 8 heteroatoms. The minimum Gasteiger partial charge on any atom is -0.508 e. The van der Waals surface area contributed by atoms with Crippen molar-refractivity contribution in [1.82, 2.24) is 4.90 Å². The zero-order chi connectivity index (χ0) is 39.7. The summed E-state index contributed by atoms with van der Waals surface area (Å²) in [6.45, 7) is 7.65. The smallest absolute Gasteiger partial charge is 0.261 e. The largest absolute Gasteiger partial charge is 0.508 e. The number of likely N-dealkylation sites (tertiary alicyclic amines) is 1. The maximum Gasteiger partial charge on any atom is 0.261 e. The van der Waals surface area contributed by atoms with Gasteiger partial charge >= 0.3 is 0 Å². The summed E-state index contributed by atoms with van der Waals surface area (Å²) >= 11 is 6.62. The van der Waals surface area contributed by atoms with Gasteiger partial charge in [-0.25, -0.2) is 0 Å². The van der Waals surface area contributed by atoms with Crippen molar-refractivity contribution >= 4 is 53.8 Å². The minimum absolute atomic E-state index is 0.00224. The van der Waals surface area contributed by atoms with Gasteiger partial charge in [-0.15, -0.1) is 0 Å². The Labute approximate surface area is 343 Å². The molecule has 2 saturated heterocycles. The molecule has 57 heavy (non-hydrogen) atoms. The molecular weight excluding hydrogens is 746 g/mol. The summed E-state index contributed by atoms with van der Waals surface area (Å²) in [7, 11) is -2.91. The second-order valence-corrected chi connectivity index (χ2v) is 22.1. The van der Waals surface area contributed by atoms with Gasteiger partial charge in [-0.1, -0.05) is 143 Å². The monoisotopic (exact) mass is 799 g/mol. The SMILES string of the molecule is CC(C)(C)[Si](OCC1=C2[C@@H](CC/C(=C/c3ccc(O)cc3Cl)c3ccccc3)OC[C@@H]2[C@@H]2C(=O)N(C3CCCCC3)C(=O)[C@@H]2C1)(c1ccccc1)c1ccccc1. The highest BCUT2D eigenvalue weighted by molar-refractivity contribution is 6.99. The molecular formula is C49H54ClNO5Si. The predicted octanol–water partition coefficient (Wildman–Crippen LogP) is 9.59. The van der Waals surface area contributed by atoms with Crippen LogP contribution in [0, 0.1) is 17.8 Å². The Hall–Kier alpha value is -4.27. The fourth-order valence-electron chi connectivity index (χ4n) is 10.3. The average Bonchev–Trinajstić information content (AvgIpc) is 3.75. The summed E-state index contributed by atoms with van der Waals surface area (Å²) in [5.41, 5.74) is 5.30. The number of benzene rings is 4. The van der Waals surface area contributed by atoms with Crippen LogP contribution in [0.3, 0.4) is 0 Å². The van der Waals surface area contributed by atoms with Gasteiger partial charge in [-0.2, -0.15) is 0 Å². The Morgan fingerprint density at radius 2 is 1.49 bits per heavy atom. The van der Waals surface area contributed by atoms with Gasteiger partial charge in [0, 0.05) is 12.0 Å². The maximum atomic E-state index is 14.5. The molecule has 0 spiro atoms. The lowest BCUT2D eigenvalue weighted by molar-refractivity contribution is -0.143. The molecule has 3 fully saturated rings. The van der Waals surface area contributed by atoms with Gasteiger partial charge in [-0.3, -0.25) is 14.5 Å². The lowest BCUT2D eigenvalue weighted by Crippen LogP contribution is -2.66. The molecule has 4 atom stereocenters. The van der Waals surface area contributed by atoms with Crippen LogP contribution >= 0.6 is 11.6 Å². The molecule has 8 rings (SSSR count). The Balaban J connectivity index is 1.18. The summed E-state index contributed by atoms with van der Waals surface area (Å²) in [5, 5.41) is 12.7. The van der Waals surface area contributed by atoms with E-state index in [0.29, 0.717) is 37.5 Å². The molecule has 1 saturated carbocycles. The summed E-state index contributed by atoms with van der Waals surface area (Å²) in [4.78, 5) is 30.6. The number of carbonyl (C=O) groups is 2. The van der Waals surface area contributed by atoms with Crippen LogP contribution in [0.15, 0.2) is 120 Å². The number of phenolic OH excluding ortho intramolecular Hbond substituents is 1. The Kier molecular flexibility index (Phi) is 11.5. The van der Waals surface area contributed by atoms with Crippen molar-refractivity contribution in [1.29, 1.82) is 0 Å². The number of fused-ring (bicyclic) bond motifs is 3. The number of phenols is 1. The molecule has 296 valence electrons. The first kappa shape index (κ1) is 39.5. The van der Waals surface area contributed by atoms with E-state index in [0.717, 1.165) is 60.0 Å². The van der Waals surface area contributed by atoms with Crippen LogP contribution in [0.4, 0.5) is 0 Å². The van der Waals surface area contributed by atoms with Crippen molar-refractivity contribution in [2.45, 2.75) is 89.3 Å². The number of carbonyl (C=O) groups excluding carboxylic acids is 2. The molecule has 6 nitrogen and oxygen atoms in total. The van der Waals surface area contributed by atoms with Gasteiger partial charge < -0.3 is 14.3 Å². The number of halogens is 1. The van der Waals surface area contributed by atoms with Crippen molar-refractivity contribution in [2.75, 3.05) is 13.2 Å². The number of imide groups is 1. The van der Waals surface area contributed by atoms with Gasteiger partial charge in [0.05, 0.1) is 36.2 Å². The fourth-order valence-corrected chi connectivity index (χ4v) is 15.1. The minimum atomic E-state index is -2.91. The van der Waals surface area contributed by atoms with Gasteiger partial charge in [-0.05, 0) is 99.6 Å². The molecule has 2 heterocycles. The molecule has 4 aromatic carbocycles. The summed E-state index contributed by atoms with van der Waals surface area (Å²) in [6, 6.07) is 36.7. The maximum absolute atomic E-state index is 14.5. The van der Waals surface area contributed by atoms with E-state index in [9.17, 15) is 14.7 Å². The van der Waals surface area contributed by atoms with E-state index in [-0.39, 0.29) is 40.7 Å². The number of hydrogen-bond donors (Lipinski definition) is 1. The number of nitrogens with zero attached hydrogens (tertiary/aromatic N) is 1. The van der Waals surface area contributed by atoms with Gasteiger partial charge in [0.25, 0.3) is 8.32 Å². The highest BCUT2D eigenvalue weighted by atomic mass is 35.5. The number of rotatable bonds is 11. The zero-order valence-electron chi connectivity index (χ0n) is 33.3. The van der Waals surface area contributed by atoms with Gasteiger partial charge in [0.2, 0.25) is 11.8 Å². The molecule has 0 aromatic heterocycles. The Bertz CT molecular complexity index is 2100. The lowest BCUT2D eigenvalue weighted by atomic mass is 9.69. The van der Waals surface area contributed by atoms with Crippen molar-refractivity contribution in [3.05, 3.63) is 136 Å². The molecule has 4 aliphatic rings. The first-order chi connectivity index (χ1) is 27.6. The van der Waals surface area contributed by atoms with Gasteiger partial charge in [0.1, 0.15) is 5.75 Å². The van der Waals surface area contributed by atoms with Gasteiger partial charge in [0.15, 0.2) is 0 Å². The number of hydrogen-bond acceptors (Lipinski definition) is 5. The van der Waals surface area contributed by atoms with Crippen molar-refractivity contribution in [3.63, 3.8) is 0 Å². The van der Waals surface area contributed by atoms with E-state index < -0.39 is 20.2 Å². The highest BCUT2D eigenvalue weighted by Gasteiger charge is 2.59. The molecule has 0 unspecified atom stereocenters. The van der Waals surface area contributed by atoms with E-state index in [4.69, 9.17) is 20.8 Å². The van der Waals surface area contributed by atoms with E-state index in [1.54, 1.807) is 17.0 Å². The third kappa shape index (κ3) is 7.60. The van der Waals surface area contributed by atoms with Crippen molar-refractivity contribution < 1.29 is 23.9 Å². The normalized spacial score (nSPS) is 23.2. The number of amides is 2. The fraction of sp³-hybridized carbons (Fsp3) is 0.388. The molecule has 4 aromatic rings. The predicted molar refractivity (Wildman–Crippen MR) is 231 cm³/mol. The number of aromatic hydroxyl groups is 1. The Morgan fingerprint density at radius 1 is 0.860 bits per heavy atom. The average molecular weight is 801 g/mol. The van der Waals surface area contributed by atoms with E-state index in [2.05, 4.69) is 99.6 Å². The number of allylic oxidation sites excluding steroid dienone is 1. The summed E-state index contributed by atoms with van der Waals surface area (Å²) in [5.74, 6) is -0.848. The standard InChI is InChI=1S/C49H54ClNO5Si/c1-49(2,3)57(39-20-12-6-13-21-39,40-22-14-7-15-23-40)56-31-36-29-41-46(48(54)51(47(41)53)37-18-10-5-11-19-37)42-32-55-44(45(36)42)27-25-34(33-16-8-4-9-17-33)28-35-24-26-38(52)30-43(35)50/h4,6-9,12-17,20-24,26,28,30,37,41-42,44,46,52H,5,10-11,18-19,25,27,29,31-32H2,1-3H3/b34-28-/t41-,42+,44-,46-/m1/s1. The van der Waals surface area contributed by atoms with Crippen LogP contribution < -0.4 is 10.4 Å². The first-order valence-corrected chi connectivity index (χ1v) is 23.1. The molecule has 1 N–H and O–H groups in total. The quantitative estimate of drug-likeness (QED) is 0.0708. The molecule has 2 amide bonds. The second-order valence-electron chi connectivity index (χ2n) is 17.4. The highest BCUT2D eigenvalue weighted by Crippen LogP contribution is 2.51. The second kappa shape index (κ2) is 16.5. The zero-order valence-corrected chi connectivity index (χ0v) is 35.1.